The molecule has 0 radical (unpaired) electrons. The summed E-state index contributed by atoms with van der Waals surface area (Å²) in [7, 11) is 0. The Kier molecular flexibility index (Phi) is 6.10. The van der Waals surface area contributed by atoms with Gasteiger partial charge in [0, 0.05) is 23.7 Å². The SMILES string of the molecule is CCNCC1CCN(C(=O)c2sc(-c3ccc(Cl)cc3)nc2C)CC1. The molecule has 1 N–H and O–H groups in total. The van der Waals surface area contributed by atoms with Gasteiger partial charge in [-0.2, -0.15) is 0 Å². The normalized spacial score (nSPS) is 15.6. The van der Waals surface area contributed by atoms with Gasteiger partial charge in [-0.05, 0) is 50.9 Å². The lowest BCUT2D eigenvalue weighted by molar-refractivity contribution is 0.0694. The Morgan fingerprint density at radius 2 is 2.00 bits per heavy atom. The number of rotatable bonds is 5. The summed E-state index contributed by atoms with van der Waals surface area (Å²) in [5.41, 5.74) is 1.82. The maximum absolute atomic E-state index is 12.9. The number of aromatic nitrogens is 1. The van der Waals surface area contributed by atoms with E-state index >= 15 is 0 Å². The van der Waals surface area contributed by atoms with Gasteiger partial charge in [-0.25, -0.2) is 4.98 Å². The Morgan fingerprint density at radius 1 is 1.32 bits per heavy atom. The first-order valence-electron chi connectivity index (χ1n) is 8.81. The topological polar surface area (TPSA) is 45.2 Å². The van der Waals surface area contributed by atoms with E-state index in [0.29, 0.717) is 10.9 Å². The summed E-state index contributed by atoms with van der Waals surface area (Å²) in [6.45, 7) is 7.78. The van der Waals surface area contributed by atoms with E-state index < -0.39 is 0 Å². The molecule has 0 atom stereocenters. The lowest BCUT2D eigenvalue weighted by Crippen LogP contribution is -2.40. The summed E-state index contributed by atoms with van der Waals surface area (Å²) in [4.78, 5) is 20.2. The summed E-state index contributed by atoms with van der Waals surface area (Å²) >= 11 is 7.43. The maximum atomic E-state index is 12.9. The first-order valence-corrected chi connectivity index (χ1v) is 10.0. The zero-order valence-corrected chi connectivity index (χ0v) is 16.3. The molecule has 0 saturated carbocycles. The molecule has 2 heterocycles. The van der Waals surface area contributed by atoms with Gasteiger partial charge in [0.15, 0.2) is 0 Å². The number of amides is 1. The van der Waals surface area contributed by atoms with Crippen molar-refractivity contribution in [2.75, 3.05) is 26.2 Å². The predicted molar refractivity (Wildman–Crippen MR) is 104 cm³/mol. The highest BCUT2D eigenvalue weighted by molar-refractivity contribution is 7.17. The van der Waals surface area contributed by atoms with E-state index in [2.05, 4.69) is 17.2 Å². The standard InChI is InChI=1S/C19H24ClN3OS/c1-3-21-12-14-8-10-23(11-9-14)19(24)17-13(2)22-18(25-17)15-4-6-16(20)7-5-15/h4-7,14,21H,3,8-12H2,1-2H3. The highest BCUT2D eigenvalue weighted by atomic mass is 35.5. The van der Waals surface area contributed by atoms with E-state index in [1.807, 2.05) is 36.1 Å². The van der Waals surface area contributed by atoms with Crippen LogP contribution >= 0.6 is 22.9 Å². The summed E-state index contributed by atoms with van der Waals surface area (Å²) in [5, 5.41) is 4.98. The number of hydrogen-bond acceptors (Lipinski definition) is 4. The minimum Gasteiger partial charge on any atom is -0.338 e. The van der Waals surface area contributed by atoms with Crippen LogP contribution in [-0.4, -0.2) is 42.0 Å². The van der Waals surface area contributed by atoms with Crippen LogP contribution in [0.5, 0.6) is 0 Å². The van der Waals surface area contributed by atoms with E-state index in [1.54, 1.807) is 0 Å². The molecule has 1 aliphatic heterocycles. The summed E-state index contributed by atoms with van der Waals surface area (Å²) in [5.74, 6) is 0.799. The highest BCUT2D eigenvalue weighted by Crippen LogP contribution is 2.30. The van der Waals surface area contributed by atoms with E-state index in [9.17, 15) is 4.79 Å². The van der Waals surface area contributed by atoms with Gasteiger partial charge in [-0.1, -0.05) is 30.7 Å². The third-order valence-corrected chi connectivity index (χ3v) is 6.11. The zero-order chi connectivity index (χ0) is 17.8. The maximum Gasteiger partial charge on any atom is 0.265 e. The average molecular weight is 378 g/mol. The molecule has 1 saturated heterocycles. The zero-order valence-electron chi connectivity index (χ0n) is 14.7. The molecule has 1 aliphatic rings. The van der Waals surface area contributed by atoms with Crippen molar-refractivity contribution in [3.05, 3.63) is 39.9 Å². The van der Waals surface area contributed by atoms with Crippen LogP contribution in [0.4, 0.5) is 0 Å². The van der Waals surface area contributed by atoms with Gasteiger partial charge >= 0.3 is 0 Å². The number of thiazole rings is 1. The number of aryl methyl sites for hydroxylation is 1. The molecule has 6 heteroatoms. The van der Waals surface area contributed by atoms with Gasteiger partial charge in [0.05, 0.1) is 5.69 Å². The fourth-order valence-corrected chi connectivity index (χ4v) is 4.31. The Morgan fingerprint density at radius 3 is 2.64 bits per heavy atom. The van der Waals surface area contributed by atoms with Crippen molar-refractivity contribution >= 4 is 28.8 Å². The van der Waals surface area contributed by atoms with Crippen molar-refractivity contribution in [2.45, 2.75) is 26.7 Å². The quantitative estimate of drug-likeness (QED) is 0.847. The fourth-order valence-electron chi connectivity index (χ4n) is 3.14. The van der Waals surface area contributed by atoms with Crippen molar-refractivity contribution in [1.82, 2.24) is 15.2 Å². The van der Waals surface area contributed by atoms with Crippen molar-refractivity contribution in [3.8, 4) is 10.6 Å². The smallest absolute Gasteiger partial charge is 0.265 e. The molecule has 134 valence electrons. The van der Waals surface area contributed by atoms with Gasteiger partial charge in [-0.3, -0.25) is 4.79 Å². The molecule has 4 nitrogen and oxygen atoms in total. The Bertz CT molecular complexity index is 721. The number of nitrogens with zero attached hydrogens (tertiary/aromatic N) is 2. The third kappa shape index (κ3) is 4.40. The molecular formula is C19H24ClN3OS. The molecule has 0 bridgehead atoms. The van der Waals surface area contributed by atoms with Crippen LogP contribution in [0.25, 0.3) is 10.6 Å². The molecule has 0 aliphatic carbocycles. The first-order chi connectivity index (χ1) is 12.1. The molecule has 1 aromatic carbocycles. The summed E-state index contributed by atoms with van der Waals surface area (Å²) in [6.07, 6.45) is 2.14. The van der Waals surface area contributed by atoms with Crippen LogP contribution in [0.3, 0.4) is 0 Å². The lowest BCUT2D eigenvalue weighted by Gasteiger charge is -2.31. The minimum atomic E-state index is 0.122. The monoisotopic (exact) mass is 377 g/mol. The van der Waals surface area contributed by atoms with Crippen molar-refractivity contribution in [1.29, 1.82) is 0 Å². The van der Waals surface area contributed by atoms with Crippen LogP contribution in [-0.2, 0) is 0 Å². The van der Waals surface area contributed by atoms with Gasteiger partial charge in [0.2, 0.25) is 0 Å². The van der Waals surface area contributed by atoms with Crippen molar-refractivity contribution < 1.29 is 4.79 Å². The van der Waals surface area contributed by atoms with Crippen LogP contribution in [0.15, 0.2) is 24.3 Å². The molecule has 1 amide bonds. The Labute approximate surface area is 158 Å². The number of halogens is 1. The number of benzene rings is 1. The molecule has 1 aromatic heterocycles. The molecule has 1 fully saturated rings. The molecule has 0 unspecified atom stereocenters. The second-order valence-electron chi connectivity index (χ2n) is 6.48. The van der Waals surface area contributed by atoms with Gasteiger partial charge < -0.3 is 10.2 Å². The number of piperidine rings is 1. The third-order valence-electron chi connectivity index (χ3n) is 4.67. The second kappa shape index (κ2) is 8.30. The molecule has 25 heavy (non-hydrogen) atoms. The largest absolute Gasteiger partial charge is 0.338 e. The minimum absolute atomic E-state index is 0.122. The van der Waals surface area contributed by atoms with E-state index in [4.69, 9.17) is 11.6 Å². The van der Waals surface area contributed by atoms with Crippen LogP contribution in [0.1, 0.15) is 35.1 Å². The van der Waals surface area contributed by atoms with E-state index in [1.165, 1.54) is 11.3 Å². The average Bonchev–Trinajstić information content (AvgIpc) is 3.02. The lowest BCUT2D eigenvalue weighted by atomic mass is 9.96. The summed E-state index contributed by atoms with van der Waals surface area (Å²) < 4.78 is 0. The number of likely N-dealkylation sites (tertiary alicyclic amines) is 1. The fraction of sp³-hybridized carbons (Fsp3) is 0.474. The first kappa shape index (κ1) is 18.4. The number of carbonyl (C=O) groups excluding carboxylic acids is 1. The second-order valence-corrected chi connectivity index (χ2v) is 7.92. The van der Waals surface area contributed by atoms with Gasteiger partial charge in [-0.15, -0.1) is 11.3 Å². The van der Waals surface area contributed by atoms with Gasteiger partial charge in [0.1, 0.15) is 9.88 Å². The molecule has 3 rings (SSSR count). The van der Waals surface area contributed by atoms with Crippen LogP contribution in [0, 0.1) is 12.8 Å². The number of carbonyl (C=O) groups is 1. The van der Waals surface area contributed by atoms with Gasteiger partial charge in [0.25, 0.3) is 5.91 Å². The number of hydrogen-bond donors (Lipinski definition) is 1. The van der Waals surface area contributed by atoms with E-state index in [-0.39, 0.29) is 5.91 Å². The predicted octanol–water partition coefficient (Wildman–Crippen LogP) is 4.23. The number of nitrogens with one attached hydrogen (secondary N) is 1. The molecule has 0 spiro atoms. The van der Waals surface area contributed by atoms with E-state index in [0.717, 1.165) is 60.2 Å². The molecular weight excluding hydrogens is 354 g/mol. The van der Waals surface area contributed by atoms with Crippen molar-refractivity contribution in [3.63, 3.8) is 0 Å². The molecule has 2 aromatic rings. The van der Waals surface area contributed by atoms with Crippen LogP contribution < -0.4 is 5.32 Å². The Hall–Kier alpha value is -1.43. The summed E-state index contributed by atoms with van der Waals surface area (Å²) in [6, 6.07) is 7.59. The van der Waals surface area contributed by atoms with Crippen molar-refractivity contribution in [2.24, 2.45) is 5.92 Å². The highest BCUT2D eigenvalue weighted by Gasteiger charge is 2.26. The van der Waals surface area contributed by atoms with Crippen LogP contribution in [0.2, 0.25) is 5.02 Å². The Balaban J connectivity index is 1.68.